The molecule has 0 bridgehead atoms. The second kappa shape index (κ2) is 6.29. The van der Waals surface area contributed by atoms with Crippen molar-refractivity contribution in [2.24, 2.45) is 5.73 Å². The molecule has 4 nitrogen and oxygen atoms in total. The van der Waals surface area contributed by atoms with Crippen molar-refractivity contribution in [3.05, 3.63) is 47.8 Å². The van der Waals surface area contributed by atoms with Gasteiger partial charge in [-0.15, -0.1) is 0 Å². The molecule has 0 saturated heterocycles. The first-order valence-electron chi connectivity index (χ1n) is 6.50. The van der Waals surface area contributed by atoms with Crippen LogP contribution in [0.1, 0.15) is 25.0 Å². The molecule has 0 spiro atoms. The monoisotopic (exact) mass is 257 g/mol. The van der Waals surface area contributed by atoms with Crippen LogP contribution in [0.2, 0.25) is 0 Å². The standard InChI is InChI=1S/C15H19N3O/c1-3-12-4-6-14(7-5-12)19-15-17-9-13(10-18-15)8-11(2)16/h4-7,9-11H,3,8,16H2,1-2H3. The van der Waals surface area contributed by atoms with Crippen LogP contribution < -0.4 is 10.5 Å². The molecule has 0 aliphatic heterocycles. The van der Waals surface area contributed by atoms with E-state index in [4.69, 9.17) is 10.5 Å². The van der Waals surface area contributed by atoms with Crippen LogP contribution in [-0.4, -0.2) is 16.0 Å². The number of hydrogen-bond donors (Lipinski definition) is 1. The molecule has 0 aliphatic carbocycles. The van der Waals surface area contributed by atoms with Gasteiger partial charge in [0.15, 0.2) is 0 Å². The third kappa shape index (κ3) is 4.03. The van der Waals surface area contributed by atoms with Crippen LogP contribution in [0.25, 0.3) is 0 Å². The summed E-state index contributed by atoms with van der Waals surface area (Å²) in [7, 11) is 0. The van der Waals surface area contributed by atoms with E-state index in [0.29, 0.717) is 6.01 Å². The topological polar surface area (TPSA) is 61.0 Å². The Kier molecular flexibility index (Phi) is 4.47. The Morgan fingerprint density at radius 2 is 1.74 bits per heavy atom. The summed E-state index contributed by atoms with van der Waals surface area (Å²) in [4.78, 5) is 8.36. The number of benzene rings is 1. The Bertz CT molecular complexity index is 506. The summed E-state index contributed by atoms with van der Waals surface area (Å²) in [6, 6.07) is 8.41. The van der Waals surface area contributed by atoms with Gasteiger partial charge in [0.25, 0.3) is 0 Å². The largest absolute Gasteiger partial charge is 0.424 e. The minimum atomic E-state index is 0.108. The molecular weight excluding hydrogens is 238 g/mol. The summed E-state index contributed by atoms with van der Waals surface area (Å²) >= 11 is 0. The van der Waals surface area contributed by atoms with Crippen molar-refractivity contribution < 1.29 is 4.74 Å². The maximum Gasteiger partial charge on any atom is 0.321 e. The van der Waals surface area contributed by atoms with Crippen LogP contribution >= 0.6 is 0 Å². The van der Waals surface area contributed by atoms with E-state index in [1.54, 1.807) is 12.4 Å². The lowest BCUT2D eigenvalue weighted by Crippen LogP contribution is -2.17. The average Bonchev–Trinajstić information content (AvgIpc) is 2.41. The second-order valence-corrected chi connectivity index (χ2v) is 4.65. The molecule has 0 amide bonds. The molecule has 0 saturated carbocycles. The number of rotatable bonds is 5. The molecule has 1 unspecified atom stereocenters. The first kappa shape index (κ1) is 13.5. The van der Waals surface area contributed by atoms with Crippen LogP contribution in [-0.2, 0) is 12.8 Å². The molecule has 2 N–H and O–H groups in total. The van der Waals surface area contributed by atoms with Crippen LogP contribution in [0, 0.1) is 0 Å². The van der Waals surface area contributed by atoms with E-state index in [1.807, 2.05) is 31.2 Å². The van der Waals surface area contributed by atoms with Gasteiger partial charge in [0.05, 0.1) is 0 Å². The zero-order valence-electron chi connectivity index (χ0n) is 11.3. The summed E-state index contributed by atoms with van der Waals surface area (Å²) in [5, 5.41) is 0. The second-order valence-electron chi connectivity index (χ2n) is 4.65. The molecule has 2 aromatic rings. The van der Waals surface area contributed by atoms with Crippen molar-refractivity contribution >= 4 is 0 Å². The summed E-state index contributed by atoms with van der Waals surface area (Å²) < 4.78 is 5.58. The fourth-order valence-corrected chi connectivity index (χ4v) is 1.77. The predicted molar refractivity (Wildman–Crippen MR) is 75.3 cm³/mol. The molecule has 1 aromatic heterocycles. The van der Waals surface area contributed by atoms with Gasteiger partial charge in [0.2, 0.25) is 0 Å². The summed E-state index contributed by atoms with van der Waals surface area (Å²) in [6.07, 6.45) is 5.30. The summed E-state index contributed by atoms with van der Waals surface area (Å²) in [6.45, 7) is 4.08. The zero-order chi connectivity index (χ0) is 13.7. The van der Waals surface area contributed by atoms with Crippen LogP contribution in [0.5, 0.6) is 11.8 Å². The average molecular weight is 257 g/mol. The molecule has 0 aliphatic rings. The number of nitrogens with zero attached hydrogens (tertiary/aromatic N) is 2. The van der Waals surface area contributed by atoms with E-state index in [2.05, 4.69) is 16.9 Å². The van der Waals surface area contributed by atoms with Crippen molar-refractivity contribution in [1.82, 2.24) is 9.97 Å². The maximum atomic E-state index is 5.73. The lowest BCUT2D eigenvalue weighted by atomic mass is 10.1. The van der Waals surface area contributed by atoms with E-state index < -0.39 is 0 Å². The molecular formula is C15H19N3O. The van der Waals surface area contributed by atoms with Crippen molar-refractivity contribution in [3.63, 3.8) is 0 Å². The molecule has 1 heterocycles. The Balaban J connectivity index is 2.02. The van der Waals surface area contributed by atoms with Gasteiger partial charge in [-0.1, -0.05) is 19.1 Å². The Morgan fingerprint density at radius 3 is 2.26 bits per heavy atom. The van der Waals surface area contributed by atoms with Crippen molar-refractivity contribution in [3.8, 4) is 11.8 Å². The van der Waals surface area contributed by atoms with E-state index >= 15 is 0 Å². The smallest absolute Gasteiger partial charge is 0.321 e. The number of ether oxygens (including phenoxy) is 1. The van der Waals surface area contributed by atoms with Gasteiger partial charge in [0, 0.05) is 18.4 Å². The quantitative estimate of drug-likeness (QED) is 0.894. The fourth-order valence-electron chi connectivity index (χ4n) is 1.77. The molecule has 19 heavy (non-hydrogen) atoms. The number of aryl methyl sites for hydroxylation is 1. The van der Waals surface area contributed by atoms with Crippen LogP contribution in [0.15, 0.2) is 36.7 Å². The van der Waals surface area contributed by atoms with Crippen molar-refractivity contribution in [2.75, 3.05) is 0 Å². The molecule has 1 atom stereocenters. The van der Waals surface area contributed by atoms with Gasteiger partial charge in [-0.05, 0) is 43.0 Å². The Labute approximate surface area is 113 Å². The highest BCUT2D eigenvalue weighted by molar-refractivity contribution is 5.29. The van der Waals surface area contributed by atoms with Gasteiger partial charge >= 0.3 is 6.01 Å². The maximum absolute atomic E-state index is 5.73. The minimum Gasteiger partial charge on any atom is -0.424 e. The van der Waals surface area contributed by atoms with E-state index in [9.17, 15) is 0 Å². The highest BCUT2D eigenvalue weighted by Gasteiger charge is 2.03. The van der Waals surface area contributed by atoms with Crippen molar-refractivity contribution in [1.29, 1.82) is 0 Å². The lowest BCUT2D eigenvalue weighted by molar-refractivity contribution is 0.440. The third-order valence-electron chi connectivity index (χ3n) is 2.78. The third-order valence-corrected chi connectivity index (χ3v) is 2.78. The Hall–Kier alpha value is -1.94. The van der Waals surface area contributed by atoms with Gasteiger partial charge < -0.3 is 10.5 Å². The van der Waals surface area contributed by atoms with Gasteiger partial charge in [-0.2, -0.15) is 0 Å². The normalized spacial score (nSPS) is 12.2. The fraction of sp³-hybridized carbons (Fsp3) is 0.333. The van der Waals surface area contributed by atoms with Crippen LogP contribution in [0.3, 0.4) is 0 Å². The van der Waals surface area contributed by atoms with E-state index in [0.717, 1.165) is 24.2 Å². The highest BCUT2D eigenvalue weighted by atomic mass is 16.5. The molecule has 0 radical (unpaired) electrons. The van der Waals surface area contributed by atoms with Gasteiger partial charge in [-0.3, -0.25) is 0 Å². The van der Waals surface area contributed by atoms with E-state index in [-0.39, 0.29) is 6.04 Å². The molecule has 1 aromatic carbocycles. The zero-order valence-corrected chi connectivity index (χ0v) is 11.3. The molecule has 100 valence electrons. The number of nitrogens with two attached hydrogens (primary N) is 1. The number of aromatic nitrogens is 2. The highest BCUT2D eigenvalue weighted by Crippen LogP contribution is 2.18. The van der Waals surface area contributed by atoms with Gasteiger partial charge in [-0.25, -0.2) is 9.97 Å². The molecule has 4 heteroatoms. The van der Waals surface area contributed by atoms with E-state index in [1.165, 1.54) is 5.56 Å². The Morgan fingerprint density at radius 1 is 1.11 bits per heavy atom. The predicted octanol–water partition coefficient (Wildman–Crippen LogP) is 2.72. The van der Waals surface area contributed by atoms with Crippen LogP contribution in [0.4, 0.5) is 0 Å². The van der Waals surface area contributed by atoms with Gasteiger partial charge in [0.1, 0.15) is 5.75 Å². The molecule has 0 fully saturated rings. The summed E-state index contributed by atoms with van der Waals surface area (Å²) in [5.41, 5.74) is 8.02. The first-order valence-corrected chi connectivity index (χ1v) is 6.50. The summed E-state index contributed by atoms with van der Waals surface area (Å²) in [5.74, 6) is 0.747. The van der Waals surface area contributed by atoms with Crippen molar-refractivity contribution in [2.45, 2.75) is 32.7 Å². The first-order chi connectivity index (χ1) is 9.17. The minimum absolute atomic E-state index is 0.108. The molecule has 2 rings (SSSR count). The SMILES string of the molecule is CCc1ccc(Oc2ncc(CC(C)N)cn2)cc1. The lowest BCUT2D eigenvalue weighted by Gasteiger charge is -2.06. The number of hydrogen-bond acceptors (Lipinski definition) is 4.